The Morgan fingerprint density at radius 1 is 0.944 bits per heavy atom. The smallest absolute Gasteiger partial charge is 0.218 e. The number of fused-ring (bicyclic) bond motifs is 2. The maximum absolute atomic E-state index is 6.97. The fourth-order valence-corrected chi connectivity index (χ4v) is 6.29. The highest BCUT2D eigenvalue weighted by Gasteiger charge is 2.39. The van der Waals surface area contributed by atoms with Crippen LogP contribution in [0, 0.1) is 0 Å². The minimum Gasteiger partial charge on any atom is -0.342 e. The molecule has 0 atom stereocenters. The Morgan fingerprint density at radius 3 is 1.83 bits per heavy atom. The molecule has 0 spiro atoms. The van der Waals surface area contributed by atoms with Crippen molar-refractivity contribution in [3.63, 3.8) is 0 Å². The molecule has 18 heavy (non-hydrogen) atoms. The van der Waals surface area contributed by atoms with Gasteiger partial charge in [0, 0.05) is 17.9 Å². The third-order valence-corrected chi connectivity index (χ3v) is 7.81. The Labute approximate surface area is 114 Å². The molecule has 0 N–H and O–H groups in total. The summed E-state index contributed by atoms with van der Waals surface area (Å²) in [6.07, 6.45) is 0. The van der Waals surface area contributed by atoms with Gasteiger partial charge in [0.2, 0.25) is 7.38 Å². The fourth-order valence-electron chi connectivity index (χ4n) is 2.83. The van der Waals surface area contributed by atoms with Gasteiger partial charge in [-0.2, -0.15) is 11.1 Å². The van der Waals surface area contributed by atoms with E-state index in [4.69, 9.17) is 11.1 Å². The minimum atomic E-state index is -2.06. The van der Waals surface area contributed by atoms with Gasteiger partial charge in [-0.25, -0.2) is 0 Å². The monoisotopic (exact) mass is 273 g/mol. The highest BCUT2D eigenvalue weighted by Crippen LogP contribution is 2.32. The predicted octanol–water partition coefficient (Wildman–Crippen LogP) is 3.09. The summed E-state index contributed by atoms with van der Waals surface area (Å²) in [5.74, 6) is 0. The summed E-state index contributed by atoms with van der Waals surface area (Å²) >= 11 is 6.97. The van der Waals surface area contributed by atoms with Crippen molar-refractivity contribution in [3.05, 3.63) is 48.5 Å². The number of nitrogens with zero attached hydrogens (tertiary/aromatic N) is 1. The van der Waals surface area contributed by atoms with Gasteiger partial charge in [-0.05, 0) is 36.0 Å². The molecule has 2 aromatic carbocycles. The molecule has 3 rings (SSSR count). The number of hydrogen-bond donors (Lipinski definition) is 0. The number of halogens is 1. The zero-order chi connectivity index (χ0) is 12.8. The van der Waals surface area contributed by atoms with Crippen molar-refractivity contribution in [1.82, 2.24) is 0 Å². The van der Waals surface area contributed by atoms with Crippen LogP contribution in [0.1, 0.15) is 6.92 Å². The molecule has 1 aliphatic rings. The third kappa shape index (κ3) is 1.53. The van der Waals surface area contributed by atoms with E-state index < -0.39 is 7.38 Å². The number of rotatable bonds is 1. The lowest BCUT2D eigenvalue weighted by Crippen LogP contribution is -2.57. The van der Waals surface area contributed by atoms with Crippen LogP contribution in [0.15, 0.2) is 48.5 Å². The summed E-state index contributed by atoms with van der Waals surface area (Å²) in [6, 6.07) is 17.1. The van der Waals surface area contributed by atoms with E-state index in [1.807, 2.05) is 0 Å². The van der Waals surface area contributed by atoms with E-state index in [9.17, 15) is 0 Å². The molecule has 0 unspecified atom stereocenters. The first-order chi connectivity index (χ1) is 8.66. The molecule has 0 radical (unpaired) electrons. The Hall–Kier alpha value is -1.25. The van der Waals surface area contributed by atoms with Crippen LogP contribution in [0.5, 0.6) is 0 Å². The van der Waals surface area contributed by atoms with E-state index in [0.29, 0.717) is 0 Å². The average molecular weight is 274 g/mol. The molecular weight excluding hydrogens is 258 g/mol. The molecule has 0 saturated carbocycles. The molecule has 0 saturated heterocycles. The van der Waals surface area contributed by atoms with Crippen molar-refractivity contribution in [1.29, 1.82) is 0 Å². The molecule has 0 bridgehead atoms. The second kappa shape index (κ2) is 4.14. The van der Waals surface area contributed by atoms with E-state index in [0.717, 1.165) is 6.54 Å². The normalized spacial score (nSPS) is 16.1. The van der Waals surface area contributed by atoms with Crippen LogP contribution in [0.3, 0.4) is 0 Å². The van der Waals surface area contributed by atoms with Crippen molar-refractivity contribution >= 4 is 40.2 Å². The summed E-state index contributed by atoms with van der Waals surface area (Å²) in [4.78, 5) is 2.36. The van der Waals surface area contributed by atoms with Crippen LogP contribution < -0.4 is 15.3 Å². The second-order valence-electron chi connectivity index (χ2n) is 4.78. The number of para-hydroxylation sites is 2. The minimum absolute atomic E-state index is 0.968. The largest absolute Gasteiger partial charge is 0.342 e. The van der Waals surface area contributed by atoms with E-state index >= 15 is 0 Å². The molecule has 0 aromatic heterocycles. The Morgan fingerprint density at radius 2 is 1.39 bits per heavy atom. The zero-order valence-corrected chi connectivity index (χ0v) is 12.4. The summed E-state index contributed by atoms with van der Waals surface area (Å²) in [6.45, 7) is 5.38. The van der Waals surface area contributed by atoms with Crippen molar-refractivity contribution in [2.45, 2.75) is 13.5 Å². The first-order valence-corrected chi connectivity index (χ1v) is 9.83. The predicted molar refractivity (Wildman–Crippen MR) is 82.3 cm³/mol. The van der Waals surface area contributed by atoms with E-state index in [1.54, 1.807) is 0 Å². The molecule has 1 aliphatic heterocycles. The van der Waals surface area contributed by atoms with Crippen LogP contribution >= 0.6 is 11.1 Å². The maximum Gasteiger partial charge on any atom is 0.218 e. The van der Waals surface area contributed by atoms with Gasteiger partial charge in [0.1, 0.15) is 0 Å². The molecule has 0 amide bonds. The summed E-state index contributed by atoms with van der Waals surface area (Å²) in [5.41, 5.74) is 2.56. The van der Waals surface area contributed by atoms with Gasteiger partial charge < -0.3 is 4.90 Å². The molecule has 2 aromatic rings. The van der Waals surface area contributed by atoms with Crippen LogP contribution in [-0.2, 0) is 0 Å². The highest BCUT2D eigenvalue weighted by atomic mass is 35.6. The van der Waals surface area contributed by atoms with E-state index in [2.05, 4.69) is 66.9 Å². The quantitative estimate of drug-likeness (QED) is 0.570. The zero-order valence-electron chi connectivity index (χ0n) is 10.7. The summed E-state index contributed by atoms with van der Waals surface area (Å²) in [7, 11) is -2.06. The van der Waals surface area contributed by atoms with Gasteiger partial charge in [0.15, 0.2) is 0 Å². The number of hydrogen-bond acceptors (Lipinski definition) is 1. The second-order valence-corrected chi connectivity index (χ2v) is 10.1. The Balaban J connectivity index is 2.33. The van der Waals surface area contributed by atoms with Gasteiger partial charge >= 0.3 is 0 Å². The Kier molecular flexibility index (Phi) is 2.72. The van der Waals surface area contributed by atoms with Gasteiger partial charge in [-0.3, -0.25) is 0 Å². The highest BCUT2D eigenvalue weighted by molar-refractivity contribution is 7.34. The van der Waals surface area contributed by atoms with E-state index in [-0.39, 0.29) is 0 Å². The Bertz CT molecular complexity index is 545. The van der Waals surface area contributed by atoms with Crippen LogP contribution in [-0.4, -0.2) is 13.9 Å². The molecule has 0 fully saturated rings. The molecule has 3 heteroatoms. The maximum atomic E-state index is 6.97. The van der Waals surface area contributed by atoms with Crippen molar-refractivity contribution < 1.29 is 0 Å². The summed E-state index contributed by atoms with van der Waals surface area (Å²) < 4.78 is 0. The fraction of sp³-hybridized carbons (Fsp3) is 0.200. The molecular formula is C15H16ClNSi. The lowest BCUT2D eigenvalue weighted by atomic mass is 10.2. The summed E-state index contributed by atoms with van der Waals surface area (Å²) in [5, 5.41) is 2.65. The molecule has 92 valence electrons. The first kappa shape index (κ1) is 11.8. The van der Waals surface area contributed by atoms with E-state index in [1.165, 1.54) is 21.7 Å². The van der Waals surface area contributed by atoms with Gasteiger partial charge in [0.05, 0.1) is 0 Å². The van der Waals surface area contributed by atoms with Crippen molar-refractivity contribution in [2.75, 3.05) is 11.4 Å². The third-order valence-electron chi connectivity index (χ3n) is 3.72. The van der Waals surface area contributed by atoms with Crippen molar-refractivity contribution in [2.24, 2.45) is 0 Å². The first-order valence-electron chi connectivity index (χ1n) is 6.31. The van der Waals surface area contributed by atoms with Gasteiger partial charge in [-0.1, -0.05) is 36.4 Å². The number of benzene rings is 2. The van der Waals surface area contributed by atoms with Crippen molar-refractivity contribution in [3.8, 4) is 0 Å². The lowest BCUT2D eigenvalue weighted by molar-refractivity contribution is 1.03. The van der Waals surface area contributed by atoms with Gasteiger partial charge in [0.25, 0.3) is 0 Å². The average Bonchev–Trinajstić information content (AvgIpc) is 2.40. The topological polar surface area (TPSA) is 3.24 Å². The van der Waals surface area contributed by atoms with Crippen LogP contribution in [0.2, 0.25) is 6.55 Å². The van der Waals surface area contributed by atoms with Crippen LogP contribution in [0.25, 0.3) is 0 Å². The lowest BCUT2D eigenvalue weighted by Gasteiger charge is -2.38. The number of anilines is 2. The standard InChI is InChI=1S/C15H16ClNSi/c1-3-17-12-8-4-6-10-14(12)18(2,16)15-11-7-5-9-13(15)17/h4-11H,3H2,1-2H3. The SMILES string of the molecule is CCN1c2ccccc2[Si](C)(Cl)c2ccccc21. The van der Waals surface area contributed by atoms with Gasteiger partial charge in [-0.15, -0.1) is 0 Å². The van der Waals surface area contributed by atoms with Crippen LogP contribution in [0.4, 0.5) is 11.4 Å². The molecule has 0 aliphatic carbocycles. The molecule has 1 heterocycles. The molecule has 1 nitrogen and oxygen atoms in total.